The molecule has 0 radical (unpaired) electrons. The normalized spacial score (nSPS) is 22.9. The van der Waals surface area contributed by atoms with Gasteiger partial charge in [-0.3, -0.25) is 9.69 Å². The Morgan fingerprint density at radius 1 is 1.42 bits per heavy atom. The van der Waals surface area contributed by atoms with Crippen molar-refractivity contribution in [2.45, 2.75) is 31.7 Å². The van der Waals surface area contributed by atoms with Crippen LogP contribution < -0.4 is 10.6 Å². The maximum atomic E-state index is 11.9. The summed E-state index contributed by atoms with van der Waals surface area (Å²) in [5, 5.41) is 6.52. The number of nitrogens with zero attached hydrogens (tertiary/aromatic N) is 1. The molecule has 0 bridgehead atoms. The summed E-state index contributed by atoms with van der Waals surface area (Å²) in [7, 11) is 1.71. The Morgan fingerprint density at radius 2 is 2.26 bits per heavy atom. The second-order valence-corrected chi connectivity index (χ2v) is 5.77. The number of carbonyl (C=O) groups is 1. The summed E-state index contributed by atoms with van der Waals surface area (Å²) in [4.78, 5) is 14.1. The minimum atomic E-state index is 0.154. The molecule has 2 N–H and O–H groups in total. The van der Waals surface area contributed by atoms with Gasteiger partial charge in [0.05, 0.1) is 13.2 Å². The van der Waals surface area contributed by atoms with Crippen LogP contribution in [0, 0.1) is 5.92 Å². The summed E-state index contributed by atoms with van der Waals surface area (Å²) in [5.41, 5.74) is 0. The molecule has 0 aromatic heterocycles. The second kappa shape index (κ2) is 7.82. The van der Waals surface area contributed by atoms with E-state index in [1.54, 1.807) is 7.11 Å². The van der Waals surface area contributed by atoms with Crippen molar-refractivity contribution < 1.29 is 9.53 Å². The van der Waals surface area contributed by atoms with Gasteiger partial charge in [0.25, 0.3) is 0 Å². The lowest BCUT2D eigenvalue weighted by molar-refractivity contribution is -0.122. The molecule has 110 valence electrons. The Morgan fingerprint density at radius 3 is 2.89 bits per heavy atom. The zero-order chi connectivity index (χ0) is 13.5. The molecule has 0 aromatic carbocycles. The molecule has 5 heteroatoms. The number of nitrogens with one attached hydrogen (secondary N) is 2. The summed E-state index contributed by atoms with van der Waals surface area (Å²) in [6.07, 6.45) is 5.02. The van der Waals surface area contributed by atoms with Gasteiger partial charge in [0.1, 0.15) is 0 Å². The average Bonchev–Trinajstić information content (AvgIpc) is 3.10. The fourth-order valence-electron chi connectivity index (χ4n) is 2.52. The highest BCUT2D eigenvalue weighted by Crippen LogP contribution is 2.27. The van der Waals surface area contributed by atoms with Crippen LogP contribution in [0.1, 0.15) is 25.7 Å². The van der Waals surface area contributed by atoms with E-state index in [0.717, 1.165) is 32.1 Å². The second-order valence-electron chi connectivity index (χ2n) is 5.77. The first-order valence-electron chi connectivity index (χ1n) is 7.49. The Labute approximate surface area is 116 Å². The van der Waals surface area contributed by atoms with Crippen LogP contribution in [0.5, 0.6) is 0 Å². The van der Waals surface area contributed by atoms with Crippen molar-refractivity contribution in [2.75, 3.05) is 46.4 Å². The van der Waals surface area contributed by atoms with Gasteiger partial charge in [-0.05, 0) is 38.1 Å². The number of methoxy groups -OCH3 is 1. The summed E-state index contributed by atoms with van der Waals surface area (Å²) >= 11 is 0. The molecule has 0 aromatic rings. The van der Waals surface area contributed by atoms with Crippen molar-refractivity contribution >= 4 is 5.91 Å². The van der Waals surface area contributed by atoms with E-state index in [9.17, 15) is 4.79 Å². The molecule has 1 amide bonds. The highest BCUT2D eigenvalue weighted by Gasteiger charge is 2.23. The molecule has 1 unspecified atom stereocenters. The third kappa shape index (κ3) is 5.89. The van der Waals surface area contributed by atoms with E-state index >= 15 is 0 Å². The van der Waals surface area contributed by atoms with Crippen molar-refractivity contribution in [3.8, 4) is 0 Å². The molecular formula is C14H27N3O2. The van der Waals surface area contributed by atoms with Crippen LogP contribution in [0.3, 0.4) is 0 Å². The Balaban J connectivity index is 1.69. The van der Waals surface area contributed by atoms with Crippen LogP contribution in [0.25, 0.3) is 0 Å². The fraction of sp³-hybridized carbons (Fsp3) is 0.929. The molecule has 1 aliphatic carbocycles. The lowest BCUT2D eigenvalue weighted by Crippen LogP contribution is -2.44. The maximum Gasteiger partial charge on any atom is 0.234 e. The van der Waals surface area contributed by atoms with Gasteiger partial charge in [0, 0.05) is 32.8 Å². The third-order valence-corrected chi connectivity index (χ3v) is 3.90. The molecule has 5 nitrogen and oxygen atoms in total. The van der Waals surface area contributed by atoms with Crippen LogP contribution in [-0.4, -0.2) is 63.3 Å². The molecular weight excluding hydrogens is 242 g/mol. The van der Waals surface area contributed by atoms with Crippen LogP contribution in [0.2, 0.25) is 0 Å². The minimum absolute atomic E-state index is 0.154. The van der Waals surface area contributed by atoms with Crippen molar-refractivity contribution in [1.82, 2.24) is 15.5 Å². The summed E-state index contributed by atoms with van der Waals surface area (Å²) in [5.74, 6) is 0.897. The predicted octanol–water partition coefficient (Wildman–Crippen LogP) is 0.213. The predicted molar refractivity (Wildman–Crippen MR) is 75.1 cm³/mol. The van der Waals surface area contributed by atoms with Crippen molar-refractivity contribution in [3.05, 3.63) is 0 Å². The Hall–Kier alpha value is -0.650. The topological polar surface area (TPSA) is 53.6 Å². The van der Waals surface area contributed by atoms with Gasteiger partial charge in [-0.2, -0.15) is 0 Å². The maximum absolute atomic E-state index is 11.9. The summed E-state index contributed by atoms with van der Waals surface area (Å²) in [6.45, 7) is 4.91. The van der Waals surface area contributed by atoms with Crippen LogP contribution in [0.15, 0.2) is 0 Å². The molecule has 1 heterocycles. The smallest absolute Gasteiger partial charge is 0.234 e. The summed E-state index contributed by atoms with van der Waals surface area (Å²) < 4.78 is 5.13. The van der Waals surface area contributed by atoms with Gasteiger partial charge in [-0.25, -0.2) is 0 Å². The van der Waals surface area contributed by atoms with E-state index in [1.807, 2.05) is 0 Å². The van der Waals surface area contributed by atoms with E-state index in [-0.39, 0.29) is 5.91 Å². The highest BCUT2D eigenvalue weighted by molar-refractivity contribution is 5.78. The number of hydrogen-bond donors (Lipinski definition) is 2. The molecule has 1 saturated heterocycles. The monoisotopic (exact) mass is 269 g/mol. The average molecular weight is 269 g/mol. The summed E-state index contributed by atoms with van der Waals surface area (Å²) in [6, 6.07) is 0.535. The molecule has 1 saturated carbocycles. The van der Waals surface area contributed by atoms with Gasteiger partial charge in [0.2, 0.25) is 5.91 Å². The molecule has 0 spiro atoms. The third-order valence-electron chi connectivity index (χ3n) is 3.90. The Kier molecular flexibility index (Phi) is 6.07. The van der Waals surface area contributed by atoms with Gasteiger partial charge in [0.15, 0.2) is 0 Å². The molecule has 1 aliphatic heterocycles. The number of carbonyl (C=O) groups excluding carboxylic acids is 1. The zero-order valence-corrected chi connectivity index (χ0v) is 12.0. The number of rotatable bonds is 9. The fourth-order valence-corrected chi connectivity index (χ4v) is 2.52. The Bertz CT molecular complexity index is 276. The van der Waals surface area contributed by atoms with Crippen molar-refractivity contribution in [2.24, 2.45) is 5.92 Å². The van der Waals surface area contributed by atoms with Gasteiger partial charge >= 0.3 is 0 Å². The standard InChI is InChI=1S/C14H27N3O2/c1-19-8-7-17(10-13-3-2-6-15-13)11-14(18)16-9-12-4-5-12/h12-13,15H,2-11H2,1H3,(H,16,18). The van der Waals surface area contributed by atoms with Gasteiger partial charge in [-0.15, -0.1) is 0 Å². The largest absolute Gasteiger partial charge is 0.383 e. The van der Waals surface area contributed by atoms with Crippen LogP contribution in [0.4, 0.5) is 0 Å². The van der Waals surface area contributed by atoms with Crippen molar-refractivity contribution in [3.63, 3.8) is 0 Å². The van der Waals surface area contributed by atoms with E-state index < -0.39 is 0 Å². The van der Waals surface area contributed by atoms with E-state index in [4.69, 9.17) is 4.74 Å². The minimum Gasteiger partial charge on any atom is -0.383 e. The van der Waals surface area contributed by atoms with E-state index in [1.165, 1.54) is 25.7 Å². The molecule has 1 atom stereocenters. The molecule has 2 rings (SSSR count). The zero-order valence-electron chi connectivity index (χ0n) is 12.0. The van der Waals surface area contributed by atoms with Gasteiger partial charge < -0.3 is 15.4 Å². The molecule has 2 aliphatic rings. The number of hydrogen-bond acceptors (Lipinski definition) is 4. The highest BCUT2D eigenvalue weighted by atomic mass is 16.5. The SMILES string of the molecule is COCCN(CC(=O)NCC1CC1)CC1CCCN1. The first kappa shape index (κ1) is 14.8. The molecule has 19 heavy (non-hydrogen) atoms. The lowest BCUT2D eigenvalue weighted by Gasteiger charge is -2.24. The lowest BCUT2D eigenvalue weighted by atomic mass is 10.2. The first-order valence-corrected chi connectivity index (χ1v) is 7.49. The molecule has 2 fully saturated rings. The van der Waals surface area contributed by atoms with E-state index in [2.05, 4.69) is 15.5 Å². The quantitative estimate of drug-likeness (QED) is 0.628. The van der Waals surface area contributed by atoms with Crippen molar-refractivity contribution in [1.29, 1.82) is 0 Å². The van der Waals surface area contributed by atoms with Crippen LogP contribution >= 0.6 is 0 Å². The number of ether oxygens (including phenoxy) is 1. The van der Waals surface area contributed by atoms with Gasteiger partial charge in [-0.1, -0.05) is 0 Å². The number of amides is 1. The first-order chi connectivity index (χ1) is 9.28. The van der Waals surface area contributed by atoms with E-state index in [0.29, 0.717) is 19.2 Å². The van der Waals surface area contributed by atoms with Crippen LogP contribution in [-0.2, 0) is 9.53 Å².